The third-order valence-corrected chi connectivity index (χ3v) is 12.8. The lowest BCUT2D eigenvalue weighted by atomic mass is 9.91. The molecule has 0 atom stereocenters. The van der Waals surface area contributed by atoms with Crippen LogP contribution in [0.15, 0.2) is 124 Å². The first-order chi connectivity index (χ1) is 27.3. The van der Waals surface area contributed by atoms with Crippen LogP contribution in [0.1, 0.15) is 47.8 Å². The Kier molecular flexibility index (Phi) is 10.8. The molecule has 0 heterocycles. The zero-order valence-corrected chi connectivity index (χ0v) is 33.3. The number of sulfone groups is 3. The lowest BCUT2D eigenvalue weighted by Gasteiger charge is -2.14. The fourth-order valence-corrected chi connectivity index (χ4v) is 9.61. The number of benzene rings is 5. The Morgan fingerprint density at radius 1 is 0.500 bits per heavy atom. The fraction of sp³-hybridized carbons (Fsp3) is 0.0714. The second-order valence-corrected chi connectivity index (χ2v) is 19.2. The minimum absolute atomic E-state index is 0.0941. The predicted molar refractivity (Wildman–Crippen MR) is 220 cm³/mol. The number of hydrogen-bond acceptors (Lipinski definition) is 9. The minimum Gasteiger partial charge on any atom is -0.361 e. The molecule has 0 unspecified atom stereocenters. The molecule has 0 N–H and O–H groups in total. The van der Waals surface area contributed by atoms with E-state index in [9.17, 15) is 39.6 Å². The Morgan fingerprint density at radius 2 is 1.03 bits per heavy atom. The van der Waals surface area contributed by atoms with Crippen LogP contribution in [0, 0.1) is 0 Å². The Balaban J connectivity index is 0.000000148. The van der Waals surface area contributed by atoms with Gasteiger partial charge in [0.2, 0.25) is 0 Å². The van der Waals surface area contributed by atoms with Crippen LogP contribution in [0.25, 0.3) is 50.8 Å². The van der Waals surface area contributed by atoms with Gasteiger partial charge < -0.3 is 11.1 Å². The second kappa shape index (κ2) is 15.3. The van der Waals surface area contributed by atoms with Crippen LogP contribution in [0.2, 0.25) is 0 Å². The quantitative estimate of drug-likeness (QED) is 0.116. The number of carbonyl (C=O) groups is 3. The van der Waals surface area contributed by atoms with Crippen LogP contribution in [-0.4, -0.2) is 82.4 Å². The highest BCUT2D eigenvalue weighted by Crippen LogP contribution is 2.34. The van der Waals surface area contributed by atoms with E-state index in [-0.39, 0.29) is 43.0 Å². The van der Waals surface area contributed by atoms with Crippen molar-refractivity contribution in [3.05, 3.63) is 154 Å². The topological polar surface area (TPSA) is 226 Å². The molecule has 0 fully saturated rings. The number of ketones is 3. The lowest BCUT2D eigenvalue weighted by molar-refractivity contribution is -0.00458. The second-order valence-electron chi connectivity index (χ2n) is 13.3. The first kappa shape index (κ1) is 40.9. The molecule has 5 aromatic rings. The standard InChI is InChI=1S/C16H12O3S.C15H10N2O3S.C11H8N2O3S/c1-10-6-7-12-8-13-11(9-14(12)16(10)17)4-3-5-15(13)20(2,18)19;1-21(19,20)15-10-5-3-2-4-9(10)8-12-11(15)6-7-13(17-16)14(12)18;1-17(15,16)10-4-2-3-8-7(10)5-6-9(13-12)11(8)14/h3-9H,1H2,2H3;2-8H,1H3;2-6H,1H3. The van der Waals surface area contributed by atoms with E-state index < -0.39 is 41.1 Å². The Labute approximate surface area is 333 Å². The van der Waals surface area contributed by atoms with Gasteiger partial charge in [0.15, 0.2) is 35.3 Å². The molecule has 290 valence electrons. The van der Waals surface area contributed by atoms with Crippen molar-refractivity contribution in [3.8, 4) is 0 Å². The van der Waals surface area contributed by atoms with Gasteiger partial charge in [0.25, 0.3) is 11.6 Å². The van der Waals surface area contributed by atoms with Gasteiger partial charge in [-0.2, -0.15) is 9.58 Å². The summed E-state index contributed by atoms with van der Waals surface area (Å²) in [5.74, 6) is -1.10. The van der Waals surface area contributed by atoms with E-state index >= 15 is 0 Å². The highest BCUT2D eigenvalue weighted by Gasteiger charge is 2.31. The van der Waals surface area contributed by atoms with Crippen LogP contribution in [0.4, 0.5) is 0 Å². The number of fused-ring (bicyclic) bond motifs is 5. The monoisotopic (exact) mass is 830 g/mol. The SMILES string of the molecule is C=C1C=Cc2cc3c(S(C)(=O)=O)cccc3cc2C1=O.CS(=O)(=O)c1c2c(cc3ccccc13)C(=O)C(=[N+]=[N-])C=C2.CS(=O)(=O)c1cccc2c1C=CC(=[N+]=[N-])C2=O. The minimum atomic E-state index is -3.52. The molecule has 5 aromatic carbocycles. The van der Waals surface area contributed by atoms with Crippen molar-refractivity contribution in [2.45, 2.75) is 14.7 Å². The normalized spacial score (nSPS) is 14.4. The van der Waals surface area contributed by atoms with Crippen molar-refractivity contribution in [2.75, 3.05) is 18.8 Å². The molecule has 13 nitrogen and oxygen atoms in total. The van der Waals surface area contributed by atoms with Crippen molar-refractivity contribution in [3.63, 3.8) is 0 Å². The summed E-state index contributed by atoms with van der Waals surface area (Å²) >= 11 is 0. The van der Waals surface area contributed by atoms with Crippen molar-refractivity contribution in [2.24, 2.45) is 0 Å². The molecule has 0 aromatic heterocycles. The Hall–Kier alpha value is -6.80. The van der Waals surface area contributed by atoms with Crippen molar-refractivity contribution < 1.29 is 49.2 Å². The molecule has 8 rings (SSSR count). The van der Waals surface area contributed by atoms with Gasteiger partial charge in [0.05, 0.1) is 14.7 Å². The highest BCUT2D eigenvalue weighted by atomic mass is 32.2. The molecular weight excluding hydrogens is 801 g/mol. The summed E-state index contributed by atoms with van der Waals surface area (Å²) in [7, 11) is -10.2. The maximum absolute atomic E-state index is 12.2. The van der Waals surface area contributed by atoms with Gasteiger partial charge in [0, 0.05) is 75.1 Å². The number of carbonyl (C=O) groups excluding carboxylic acids is 3. The van der Waals surface area contributed by atoms with Gasteiger partial charge in [-0.15, -0.1) is 0 Å². The van der Waals surface area contributed by atoms with Crippen molar-refractivity contribution in [1.82, 2.24) is 0 Å². The predicted octanol–water partition coefficient (Wildman–Crippen LogP) is 6.10. The van der Waals surface area contributed by atoms with Crippen LogP contribution in [0.3, 0.4) is 0 Å². The lowest BCUT2D eigenvalue weighted by Crippen LogP contribution is -2.19. The van der Waals surface area contributed by atoms with Crippen molar-refractivity contribution in [1.29, 1.82) is 0 Å². The number of Topliss-reactive ketones (excluding diaryl/α,β-unsaturated/α-hetero) is 3. The number of nitrogens with zero attached hydrogens (tertiary/aromatic N) is 4. The zero-order chi connectivity index (χ0) is 42.3. The molecule has 0 radical (unpaired) electrons. The number of allylic oxidation sites excluding steroid dienone is 4. The molecule has 0 saturated heterocycles. The third-order valence-electron chi connectivity index (χ3n) is 9.27. The van der Waals surface area contributed by atoms with Crippen LogP contribution in [0.5, 0.6) is 0 Å². The molecule has 0 bridgehead atoms. The van der Waals surface area contributed by atoms with E-state index in [1.54, 1.807) is 72.8 Å². The zero-order valence-electron chi connectivity index (χ0n) is 30.9. The van der Waals surface area contributed by atoms with Crippen LogP contribution in [-0.2, 0) is 29.5 Å². The summed E-state index contributed by atoms with van der Waals surface area (Å²) in [5.41, 5.74) is 20.1. The summed E-state index contributed by atoms with van der Waals surface area (Å²) in [4.78, 5) is 42.4. The van der Waals surface area contributed by atoms with Gasteiger partial charge in [-0.3, -0.25) is 14.4 Å². The van der Waals surface area contributed by atoms with Crippen LogP contribution < -0.4 is 0 Å². The summed E-state index contributed by atoms with van der Waals surface area (Å²) < 4.78 is 71.0. The van der Waals surface area contributed by atoms with Crippen LogP contribution >= 0.6 is 0 Å². The highest BCUT2D eigenvalue weighted by molar-refractivity contribution is 7.91. The van der Waals surface area contributed by atoms with Gasteiger partial charge >= 0.3 is 11.4 Å². The Bertz CT molecular complexity index is 3280. The molecule has 16 heteroatoms. The molecule has 3 aliphatic carbocycles. The van der Waals surface area contributed by atoms with Gasteiger partial charge in [-0.25, -0.2) is 25.3 Å². The van der Waals surface area contributed by atoms with Gasteiger partial charge in [-0.1, -0.05) is 67.3 Å². The van der Waals surface area contributed by atoms with Gasteiger partial charge in [0.1, 0.15) is 0 Å². The molecule has 58 heavy (non-hydrogen) atoms. The average Bonchev–Trinajstić information content (AvgIpc) is 3.17. The van der Waals surface area contributed by atoms with E-state index in [0.29, 0.717) is 38.4 Å². The average molecular weight is 831 g/mol. The molecular formula is C42H30N4O9S3. The van der Waals surface area contributed by atoms with E-state index in [1.807, 2.05) is 0 Å². The summed E-state index contributed by atoms with van der Waals surface area (Å²) in [6, 6.07) is 21.6. The van der Waals surface area contributed by atoms with Crippen molar-refractivity contribution >= 4 is 98.1 Å². The number of hydrogen-bond donors (Lipinski definition) is 0. The summed E-state index contributed by atoms with van der Waals surface area (Å²) in [6.07, 6.45) is 12.4. The largest absolute Gasteiger partial charge is 0.362 e. The van der Waals surface area contributed by atoms with E-state index in [1.165, 1.54) is 48.8 Å². The molecule has 0 aliphatic heterocycles. The van der Waals surface area contributed by atoms with Gasteiger partial charge in [-0.05, 0) is 58.8 Å². The molecule has 0 spiro atoms. The summed E-state index contributed by atoms with van der Waals surface area (Å²) in [5, 5.41) is 2.60. The smallest absolute Gasteiger partial charge is 0.361 e. The maximum atomic E-state index is 12.2. The first-order valence-electron chi connectivity index (χ1n) is 16.9. The first-order valence-corrected chi connectivity index (χ1v) is 22.6. The molecule has 0 saturated carbocycles. The maximum Gasteiger partial charge on any atom is 0.362 e. The third kappa shape index (κ3) is 7.78. The van der Waals surface area contributed by atoms with E-state index in [2.05, 4.69) is 16.2 Å². The fourth-order valence-electron chi connectivity index (χ4n) is 6.64. The van der Waals surface area contributed by atoms with E-state index in [0.717, 1.165) is 23.5 Å². The van der Waals surface area contributed by atoms with E-state index in [4.69, 9.17) is 11.1 Å². The molecule has 3 aliphatic rings. The Morgan fingerprint density at radius 3 is 1.66 bits per heavy atom. The molecule has 0 amide bonds. The summed E-state index contributed by atoms with van der Waals surface area (Å²) in [6.45, 7) is 3.70. The number of rotatable bonds is 3.